The molecule has 1 heterocycles. The number of aromatic carboxylic acids is 1. The number of benzene rings is 2. The summed E-state index contributed by atoms with van der Waals surface area (Å²) in [4.78, 5) is 24.3. The number of carboxylic acid groups (broad SMARTS) is 1. The normalized spacial score (nSPS) is 15.8. The molecule has 1 atom stereocenters. The second kappa shape index (κ2) is 11.9. The zero-order valence-electron chi connectivity index (χ0n) is 18.4. The van der Waals surface area contributed by atoms with Crippen molar-refractivity contribution in [2.24, 2.45) is 0 Å². The van der Waals surface area contributed by atoms with Crippen LogP contribution in [0.3, 0.4) is 0 Å². The Morgan fingerprint density at radius 1 is 1.16 bits per heavy atom. The molecule has 174 valence electrons. The highest BCUT2D eigenvalue weighted by molar-refractivity contribution is 5.88. The van der Waals surface area contributed by atoms with Crippen LogP contribution < -0.4 is 15.4 Å². The van der Waals surface area contributed by atoms with Crippen LogP contribution in [0.15, 0.2) is 48.5 Å². The quantitative estimate of drug-likeness (QED) is 0.493. The van der Waals surface area contributed by atoms with E-state index in [-0.39, 0.29) is 29.9 Å². The van der Waals surface area contributed by atoms with Crippen LogP contribution in [0.5, 0.6) is 5.75 Å². The first-order valence-corrected chi connectivity index (χ1v) is 10.6. The molecule has 3 rings (SSSR count). The van der Waals surface area contributed by atoms with E-state index in [1.54, 1.807) is 24.3 Å². The Bertz CT molecular complexity index is 898. The van der Waals surface area contributed by atoms with Crippen LogP contribution in [0.25, 0.3) is 0 Å². The highest BCUT2D eigenvalue weighted by Gasteiger charge is 2.40. The molecule has 0 aliphatic carbocycles. The average Bonchev–Trinajstić information content (AvgIpc) is 2.77. The topological polar surface area (TPSA) is 96.9 Å². The second-order valence-corrected chi connectivity index (χ2v) is 7.91. The average molecular weight is 463 g/mol. The summed E-state index contributed by atoms with van der Waals surface area (Å²) in [5.74, 6) is -0.242. The van der Waals surface area contributed by atoms with Gasteiger partial charge >= 0.3 is 5.97 Å². The first-order chi connectivity index (χ1) is 14.9. The fourth-order valence-corrected chi connectivity index (χ4v) is 3.70. The first-order valence-electron chi connectivity index (χ1n) is 10.6. The molecule has 1 aliphatic rings. The third-order valence-corrected chi connectivity index (χ3v) is 5.61. The Labute approximate surface area is 194 Å². The lowest BCUT2D eigenvalue weighted by atomic mass is 9.88. The van der Waals surface area contributed by atoms with Gasteiger partial charge in [-0.2, -0.15) is 0 Å². The van der Waals surface area contributed by atoms with Gasteiger partial charge in [-0.15, -0.1) is 12.4 Å². The number of carbonyl (C=O) groups excluding carboxylic acids is 1. The minimum Gasteiger partial charge on any atom is -0.492 e. The van der Waals surface area contributed by atoms with Crippen molar-refractivity contribution in [3.63, 3.8) is 0 Å². The monoisotopic (exact) mass is 462 g/mol. The van der Waals surface area contributed by atoms with Crippen molar-refractivity contribution in [1.29, 1.82) is 0 Å². The van der Waals surface area contributed by atoms with Crippen LogP contribution in [0.2, 0.25) is 0 Å². The molecule has 0 saturated carbocycles. The smallest absolute Gasteiger partial charge is 0.335 e. The van der Waals surface area contributed by atoms with Gasteiger partial charge in [-0.1, -0.05) is 24.3 Å². The van der Waals surface area contributed by atoms with E-state index in [1.807, 2.05) is 38.1 Å². The van der Waals surface area contributed by atoms with Crippen molar-refractivity contribution in [2.75, 3.05) is 26.4 Å². The Kier molecular flexibility index (Phi) is 9.50. The number of carboxylic acids is 1. The van der Waals surface area contributed by atoms with Crippen LogP contribution in [-0.4, -0.2) is 48.9 Å². The van der Waals surface area contributed by atoms with Gasteiger partial charge in [-0.3, -0.25) is 10.1 Å². The number of aryl methyl sites for hydroxylation is 1. The fourth-order valence-electron chi connectivity index (χ4n) is 3.70. The predicted octanol–water partition coefficient (Wildman–Crippen LogP) is 3.51. The van der Waals surface area contributed by atoms with Gasteiger partial charge in [-0.05, 0) is 62.1 Å². The van der Waals surface area contributed by atoms with Gasteiger partial charge in [0.05, 0.1) is 11.6 Å². The summed E-state index contributed by atoms with van der Waals surface area (Å²) in [5, 5.41) is 15.5. The number of amides is 1. The third-order valence-electron chi connectivity index (χ3n) is 5.61. The van der Waals surface area contributed by atoms with E-state index in [9.17, 15) is 9.59 Å². The maximum Gasteiger partial charge on any atom is 0.335 e. The third kappa shape index (κ3) is 6.69. The molecule has 3 N–H and O–H groups in total. The number of rotatable bonds is 9. The van der Waals surface area contributed by atoms with Gasteiger partial charge in [0.1, 0.15) is 17.9 Å². The van der Waals surface area contributed by atoms with Crippen molar-refractivity contribution in [3.05, 3.63) is 65.2 Å². The minimum absolute atomic E-state index is 0. The number of ether oxygens (including phenoxy) is 2. The minimum atomic E-state index is -0.971. The summed E-state index contributed by atoms with van der Waals surface area (Å²) in [5.41, 5.74) is 1.49. The summed E-state index contributed by atoms with van der Waals surface area (Å²) in [7, 11) is 0. The van der Waals surface area contributed by atoms with Crippen molar-refractivity contribution in [1.82, 2.24) is 10.6 Å². The largest absolute Gasteiger partial charge is 0.492 e. The van der Waals surface area contributed by atoms with Crippen LogP contribution >= 0.6 is 12.4 Å². The second-order valence-electron chi connectivity index (χ2n) is 7.91. The molecule has 1 saturated heterocycles. The van der Waals surface area contributed by atoms with Crippen molar-refractivity contribution in [2.45, 2.75) is 38.3 Å². The molecule has 0 unspecified atom stereocenters. The number of nitrogens with one attached hydrogen (secondary N) is 2. The lowest BCUT2D eigenvalue weighted by molar-refractivity contribution is -0.132. The van der Waals surface area contributed by atoms with Gasteiger partial charge in [0.2, 0.25) is 5.91 Å². The molecule has 0 aromatic heterocycles. The number of carbonyl (C=O) groups is 2. The lowest BCUT2D eigenvalue weighted by Gasteiger charge is -2.37. The molecule has 1 fully saturated rings. The van der Waals surface area contributed by atoms with E-state index < -0.39 is 11.5 Å². The van der Waals surface area contributed by atoms with Crippen LogP contribution in [0.1, 0.15) is 47.3 Å². The molecule has 0 bridgehead atoms. The number of halogens is 1. The highest BCUT2D eigenvalue weighted by Crippen LogP contribution is 2.23. The molecule has 7 nitrogen and oxygen atoms in total. The highest BCUT2D eigenvalue weighted by atomic mass is 35.5. The Hall–Kier alpha value is -2.61. The van der Waals surface area contributed by atoms with Crippen LogP contribution in [-0.2, 0) is 9.53 Å². The zero-order valence-corrected chi connectivity index (χ0v) is 19.2. The molecule has 1 aliphatic heterocycles. The summed E-state index contributed by atoms with van der Waals surface area (Å²) in [6.07, 6.45) is 1.15. The van der Waals surface area contributed by atoms with Crippen LogP contribution in [0, 0.1) is 6.92 Å². The van der Waals surface area contributed by atoms with E-state index in [4.69, 9.17) is 14.6 Å². The molecule has 2 aromatic rings. The van der Waals surface area contributed by atoms with Gasteiger partial charge in [0.15, 0.2) is 0 Å². The fraction of sp³-hybridized carbons (Fsp3) is 0.417. The molecule has 0 spiro atoms. The van der Waals surface area contributed by atoms with Gasteiger partial charge in [-0.25, -0.2) is 4.79 Å². The molecular formula is C24H31ClN2O5. The lowest BCUT2D eigenvalue weighted by Crippen LogP contribution is -2.60. The molecule has 1 amide bonds. The molecular weight excluding hydrogens is 432 g/mol. The SMILES string of the molecule is Cc1cccc(OCCNC2(C(=O)N[C@@H](C)c3ccc(C(=O)O)cc3)CCOCC2)c1.Cl. The Balaban J connectivity index is 0.00000363. The molecule has 0 radical (unpaired) electrons. The molecule has 8 heteroatoms. The maximum atomic E-state index is 13.2. The summed E-state index contributed by atoms with van der Waals surface area (Å²) in [6, 6.07) is 14.2. The zero-order chi connectivity index (χ0) is 22.3. The van der Waals surface area contributed by atoms with E-state index in [2.05, 4.69) is 10.6 Å². The van der Waals surface area contributed by atoms with E-state index in [1.165, 1.54) is 0 Å². The number of hydrogen-bond donors (Lipinski definition) is 3. The van der Waals surface area contributed by atoms with Crippen LogP contribution in [0.4, 0.5) is 0 Å². The number of hydrogen-bond acceptors (Lipinski definition) is 5. The molecule has 2 aromatic carbocycles. The predicted molar refractivity (Wildman–Crippen MR) is 125 cm³/mol. The molecule has 32 heavy (non-hydrogen) atoms. The van der Waals surface area contributed by atoms with Crippen molar-refractivity contribution < 1.29 is 24.2 Å². The maximum absolute atomic E-state index is 13.2. The Morgan fingerprint density at radius 2 is 1.84 bits per heavy atom. The van der Waals surface area contributed by atoms with E-state index in [0.29, 0.717) is 39.2 Å². The van der Waals surface area contributed by atoms with E-state index >= 15 is 0 Å². The van der Waals surface area contributed by atoms with Gasteiger partial charge in [0.25, 0.3) is 0 Å². The Morgan fingerprint density at radius 3 is 2.47 bits per heavy atom. The summed E-state index contributed by atoms with van der Waals surface area (Å²) < 4.78 is 11.3. The summed E-state index contributed by atoms with van der Waals surface area (Å²) in [6.45, 7) is 5.92. The van der Waals surface area contributed by atoms with Gasteiger partial charge in [0, 0.05) is 19.8 Å². The summed E-state index contributed by atoms with van der Waals surface area (Å²) >= 11 is 0. The van der Waals surface area contributed by atoms with E-state index in [0.717, 1.165) is 16.9 Å². The van der Waals surface area contributed by atoms with Crippen molar-refractivity contribution >= 4 is 24.3 Å². The first kappa shape index (κ1) is 25.6. The standard InChI is InChI=1S/C24H30N2O5.ClH/c1-17-4-3-5-21(16-17)31-15-12-25-24(10-13-30-14-11-24)23(29)26-18(2)19-6-8-20(9-7-19)22(27)28;/h3-9,16,18,25H,10-15H2,1-2H3,(H,26,29)(H,27,28);1H/t18-;/m0./s1. The van der Waals surface area contributed by atoms with Gasteiger partial charge < -0.3 is 19.9 Å². The van der Waals surface area contributed by atoms with Crippen molar-refractivity contribution in [3.8, 4) is 5.75 Å².